The van der Waals surface area contributed by atoms with E-state index in [-0.39, 0.29) is 5.91 Å². The summed E-state index contributed by atoms with van der Waals surface area (Å²) in [6.45, 7) is 5.26. The van der Waals surface area contributed by atoms with Crippen LogP contribution in [-0.4, -0.2) is 22.8 Å². The lowest BCUT2D eigenvalue weighted by Gasteiger charge is -2.02. The second-order valence-corrected chi connectivity index (χ2v) is 2.98. The maximum Gasteiger partial charge on any atom is 0.240 e. The van der Waals surface area contributed by atoms with Gasteiger partial charge >= 0.3 is 0 Å². The van der Waals surface area contributed by atoms with Crippen molar-refractivity contribution in [1.29, 1.82) is 0 Å². The molecule has 2 N–H and O–H groups in total. The smallest absolute Gasteiger partial charge is 0.240 e. The Labute approximate surface area is 72.7 Å². The molecule has 0 heterocycles. The zero-order valence-electron chi connectivity index (χ0n) is 7.79. The second-order valence-electron chi connectivity index (χ2n) is 2.98. The van der Waals surface area contributed by atoms with E-state index in [1.807, 2.05) is 0 Å². The summed E-state index contributed by atoms with van der Waals surface area (Å²) in [5.74, 6) is -0.155. The number of aliphatic hydroxyl groups excluding tert-OH is 1. The quantitative estimate of drug-likeness (QED) is 0.483. The summed E-state index contributed by atoms with van der Waals surface area (Å²) in [6, 6.07) is 0. The highest BCUT2D eigenvalue weighted by Gasteiger charge is 2.02. The number of nitrogens with one attached hydrogen (secondary N) is 1. The van der Waals surface area contributed by atoms with E-state index in [9.17, 15) is 4.79 Å². The number of aliphatic hydroxyl groups is 1. The van der Waals surface area contributed by atoms with Gasteiger partial charge in [-0.3, -0.25) is 4.79 Å². The predicted octanol–water partition coefficient (Wildman–Crippen LogP) is 0.659. The van der Waals surface area contributed by atoms with Crippen molar-refractivity contribution in [3.63, 3.8) is 0 Å². The van der Waals surface area contributed by atoms with E-state index in [0.717, 1.165) is 5.71 Å². The Hall–Kier alpha value is -0.900. The van der Waals surface area contributed by atoms with Crippen LogP contribution in [0.4, 0.5) is 0 Å². The van der Waals surface area contributed by atoms with Gasteiger partial charge in [-0.2, -0.15) is 5.10 Å². The third kappa shape index (κ3) is 7.21. The van der Waals surface area contributed by atoms with Gasteiger partial charge in [-0.25, -0.2) is 5.43 Å². The topological polar surface area (TPSA) is 61.7 Å². The van der Waals surface area contributed by atoms with Gasteiger partial charge in [0.1, 0.15) is 0 Å². The third-order valence-corrected chi connectivity index (χ3v) is 1.19. The molecule has 12 heavy (non-hydrogen) atoms. The third-order valence-electron chi connectivity index (χ3n) is 1.19. The fourth-order valence-electron chi connectivity index (χ4n) is 0.570. The van der Waals surface area contributed by atoms with E-state index in [1.54, 1.807) is 20.8 Å². The van der Waals surface area contributed by atoms with Gasteiger partial charge in [0, 0.05) is 12.1 Å². The fraction of sp³-hybridized carbons (Fsp3) is 0.750. The maximum absolute atomic E-state index is 10.9. The lowest BCUT2D eigenvalue weighted by molar-refractivity contribution is -0.121. The standard InChI is InChI=1S/C8H16N2O2/c1-6(2)9-10-8(12)5-4-7(3)11/h7,11H,4-5H2,1-3H3,(H,10,12)/t7-/m0/s1. The van der Waals surface area contributed by atoms with Crippen LogP contribution in [0.1, 0.15) is 33.6 Å². The minimum Gasteiger partial charge on any atom is -0.393 e. The van der Waals surface area contributed by atoms with Gasteiger partial charge in [0.15, 0.2) is 0 Å². The van der Waals surface area contributed by atoms with Crippen LogP contribution in [-0.2, 0) is 4.79 Å². The summed E-state index contributed by atoms with van der Waals surface area (Å²) >= 11 is 0. The number of rotatable bonds is 4. The molecule has 0 saturated heterocycles. The minimum absolute atomic E-state index is 0.155. The number of hydrazone groups is 1. The summed E-state index contributed by atoms with van der Waals surface area (Å²) in [6.07, 6.45) is 0.362. The highest BCUT2D eigenvalue weighted by Crippen LogP contribution is 1.94. The molecule has 0 saturated carbocycles. The highest BCUT2D eigenvalue weighted by atomic mass is 16.3. The number of amides is 1. The molecule has 0 aliphatic heterocycles. The molecular weight excluding hydrogens is 156 g/mol. The van der Waals surface area contributed by atoms with Gasteiger partial charge in [-0.15, -0.1) is 0 Å². The second kappa shape index (κ2) is 5.71. The van der Waals surface area contributed by atoms with Crippen LogP contribution in [0.2, 0.25) is 0 Å². The number of carbonyl (C=O) groups excluding carboxylic acids is 1. The van der Waals surface area contributed by atoms with Crippen LogP contribution in [0.5, 0.6) is 0 Å². The molecule has 1 atom stereocenters. The molecule has 0 fully saturated rings. The molecule has 4 heteroatoms. The molecule has 0 aromatic rings. The molecule has 70 valence electrons. The molecule has 0 aromatic carbocycles. The van der Waals surface area contributed by atoms with Crippen molar-refractivity contribution in [1.82, 2.24) is 5.43 Å². The molecular formula is C8H16N2O2. The first kappa shape index (κ1) is 11.1. The zero-order chi connectivity index (χ0) is 9.56. The van der Waals surface area contributed by atoms with Crippen LogP contribution >= 0.6 is 0 Å². The lowest BCUT2D eigenvalue weighted by atomic mass is 10.2. The first-order valence-corrected chi connectivity index (χ1v) is 4.00. The average Bonchev–Trinajstić information content (AvgIpc) is 1.96. The van der Waals surface area contributed by atoms with Gasteiger partial charge in [-0.1, -0.05) is 0 Å². The summed E-state index contributed by atoms with van der Waals surface area (Å²) in [5, 5.41) is 12.6. The Kier molecular flexibility index (Phi) is 5.28. The molecule has 0 bridgehead atoms. The minimum atomic E-state index is -0.428. The molecule has 0 aliphatic carbocycles. The number of carbonyl (C=O) groups is 1. The fourth-order valence-corrected chi connectivity index (χ4v) is 0.570. The summed E-state index contributed by atoms with van der Waals surface area (Å²) in [5.41, 5.74) is 3.18. The molecule has 0 aromatic heterocycles. The highest BCUT2D eigenvalue weighted by molar-refractivity contribution is 5.82. The van der Waals surface area contributed by atoms with Crippen molar-refractivity contribution in [3.05, 3.63) is 0 Å². The van der Waals surface area contributed by atoms with Crippen LogP contribution < -0.4 is 5.43 Å². The first-order chi connectivity index (χ1) is 5.52. The van der Waals surface area contributed by atoms with Gasteiger partial charge < -0.3 is 5.11 Å². The predicted molar refractivity (Wildman–Crippen MR) is 47.8 cm³/mol. The van der Waals surface area contributed by atoms with Gasteiger partial charge in [0.05, 0.1) is 6.10 Å². The largest absolute Gasteiger partial charge is 0.393 e. The van der Waals surface area contributed by atoms with Crippen molar-refractivity contribution < 1.29 is 9.90 Å². The van der Waals surface area contributed by atoms with Crippen LogP contribution in [0.25, 0.3) is 0 Å². The Morgan fingerprint density at radius 2 is 2.17 bits per heavy atom. The molecule has 0 spiro atoms. The molecule has 0 radical (unpaired) electrons. The van der Waals surface area contributed by atoms with Gasteiger partial charge in [0.25, 0.3) is 0 Å². The maximum atomic E-state index is 10.9. The normalized spacial score (nSPS) is 12.0. The Morgan fingerprint density at radius 3 is 2.58 bits per heavy atom. The van der Waals surface area contributed by atoms with Crippen molar-refractivity contribution in [2.45, 2.75) is 39.7 Å². The van der Waals surface area contributed by atoms with Crippen molar-refractivity contribution in [2.24, 2.45) is 5.10 Å². The number of hydrogen-bond donors (Lipinski definition) is 2. The average molecular weight is 172 g/mol. The molecule has 0 rings (SSSR count). The van der Waals surface area contributed by atoms with Crippen molar-refractivity contribution in [2.75, 3.05) is 0 Å². The van der Waals surface area contributed by atoms with E-state index >= 15 is 0 Å². The summed E-state index contributed by atoms with van der Waals surface area (Å²) in [4.78, 5) is 10.9. The first-order valence-electron chi connectivity index (χ1n) is 4.00. The summed E-state index contributed by atoms with van der Waals surface area (Å²) in [7, 11) is 0. The van der Waals surface area contributed by atoms with E-state index in [2.05, 4.69) is 10.5 Å². The van der Waals surface area contributed by atoms with E-state index in [4.69, 9.17) is 5.11 Å². The molecule has 0 aliphatic rings. The number of nitrogens with zero attached hydrogens (tertiary/aromatic N) is 1. The van der Waals surface area contributed by atoms with Crippen LogP contribution in [0.3, 0.4) is 0 Å². The molecule has 1 amide bonds. The number of hydrogen-bond acceptors (Lipinski definition) is 3. The van der Waals surface area contributed by atoms with E-state index in [1.165, 1.54) is 0 Å². The van der Waals surface area contributed by atoms with Crippen molar-refractivity contribution >= 4 is 11.6 Å². The monoisotopic (exact) mass is 172 g/mol. The van der Waals surface area contributed by atoms with Gasteiger partial charge in [0.2, 0.25) is 5.91 Å². The molecule has 0 unspecified atom stereocenters. The van der Waals surface area contributed by atoms with Crippen LogP contribution in [0.15, 0.2) is 5.10 Å². The Balaban J connectivity index is 3.54. The van der Waals surface area contributed by atoms with Gasteiger partial charge in [-0.05, 0) is 27.2 Å². The van der Waals surface area contributed by atoms with E-state index in [0.29, 0.717) is 12.8 Å². The Morgan fingerprint density at radius 1 is 1.58 bits per heavy atom. The van der Waals surface area contributed by atoms with E-state index < -0.39 is 6.10 Å². The lowest BCUT2D eigenvalue weighted by Crippen LogP contribution is -2.19. The zero-order valence-corrected chi connectivity index (χ0v) is 7.79. The Bertz CT molecular complexity index is 172. The summed E-state index contributed by atoms with van der Waals surface area (Å²) < 4.78 is 0. The van der Waals surface area contributed by atoms with Crippen molar-refractivity contribution in [3.8, 4) is 0 Å². The molecule has 4 nitrogen and oxygen atoms in total. The van der Waals surface area contributed by atoms with Crippen LogP contribution in [0, 0.1) is 0 Å². The SMILES string of the molecule is CC(C)=NNC(=O)CC[C@H](C)O.